The average Bonchev–Trinajstić information content (AvgIpc) is 2.34. The van der Waals surface area contributed by atoms with Crippen molar-refractivity contribution in [3.05, 3.63) is 0 Å². The first-order chi connectivity index (χ1) is 9.15. The summed E-state index contributed by atoms with van der Waals surface area (Å²) in [5.41, 5.74) is 0. The van der Waals surface area contributed by atoms with E-state index in [4.69, 9.17) is 0 Å². The Labute approximate surface area is 125 Å². The van der Waals surface area contributed by atoms with Gasteiger partial charge in [0.25, 0.3) is 0 Å². The highest BCUT2D eigenvalue weighted by molar-refractivity contribution is 7.90. The lowest BCUT2D eigenvalue weighted by atomic mass is 9.91. The first-order valence-corrected chi connectivity index (χ1v) is 9.88. The first kappa shape index (κ1) is 17.9. The maximum Gasteiger partial charge on any atom is 0.148 e. The van der Waals surface area contributed by atoms with Gasteiger partial charge in [-0.3, -0.25) is 4.90 Å². The Morgan fingerprint density at radius 3 is 2.30 bits per heavy atom. The normalized spacial score (nSPS) is 28.6. The Bertz CT molecular complexity index is 395. The molecule has 1 fully saturated rings. The molecule has 20 heavy (non-hydrogen) atoms. The van der Waals surface area contributed by atoms with Crippen LogP contribution < -0.4 is 5.32 Å². The molecule has 0 saturated carbocycles. The highest BCUT2D eigenvalue weighted by Gasteiger charge is 2.35. The quantitative estimate of drug-likeness (QED) is 0.812. The molecule has 0 bridgehead atoms. The third kappa shape index (κ3) is 5.01. The summed E-state index contributed by atoms with van der Waals surface area (Å²) in [4.78, 5) is 2.42. The predicted molar refractivity (Wildman–Crippen MR) is 85.8 cm³/mol. The van der Waals surface area contributed by atoms with E-state index < -0.39 is 9.84 Å². The van der Waals surface area contributed by atoms with Gasteiger partial charge in [-0.05, 0) is 18.8 Å². The van der Waals surface area contributed by atoms with Crippen molar-refractivity contribution in [2.45, 2.75) is 59.2 Å². The van der Waals surface area contributed by atoms with Crippen LogP contribution in [0.1, 0.15) is 41.0 Å². The zero-order chi connectivity index (χ0) is 15.5. The smallest absolute Gasteiger partial charge is 0.148 e. The fraction of sp³-hybridized carbons (Fsp3) is 1.00. The molecule has 1 rings (SSSR count). The van der Waals surface area contributed by atoms with Crippen LogP contribution in [0.2, 0.25) is 0 Å². The molecule has 4 nitrogen and oxygen atoms in total. The Morgan fingerprint density at radius 2 is 1.85 bits per heavy atom. The molecule has 1 heterocycles. The number of sulfone groups is 1. The van der Waals surface area contributed by atoms with Gasteiger partial charge in [0, 0.05) is 37.5 Å². The Balaban J connectivity index is 2.83. The van der Waals surface area contributed by atoms with Gasteiger partial charge in [-0.1, -0.05) is 34.1 Å². The first-order valence-electron chi connectivity index (χ1n) is 7.82. The third-order valence-corrected chi connectivity index (χ3v) is 5.72. The molecule has 0 aromatic carbocycles. The lowest BCUT2D eigenvalue weighted by Crippen LogP contribution is -2.62. The molecule has 5 heteroatoms. The lowest BCUT2D eigenvalue weighted by Gasteiger charge is -2.46. The molecular weight excluding hydrogens is 272 g/mol. The molecule has 1 aliphatic heterocycles. The van der Waals surface area contributed by atoms with Gasteiger partial charge < -0.3 is 5.32 Å². The molecule has 1 N–H and O–H groups in total. The summed E-state index contributed by atoms with van der Waals surface area (Å²) in [6.07, 6.45) is 2.49. The van der Waals surface area contributed by atoms with Crippen molar-refractivity contribution < 1.29 is 8.42 Å². The maximum atomic E-state index is 11.6. The lowest BCUT2D eigenvalue weighted by molar-refractivity contribution is 0.0566. The number of hydrogen-bond donors (Lipinski definition) is 1. The summed E-state index contributed by atoms with van der Waals surface area (Å²) in [6.45, 7) is 12.9. The van der Waals surface area contributed by atoms with Gasteiger partial charge in [0.1, 0.15) is 9.84 Å². The van der Waals surface area contributed by atoms with Crippen LogP contribution in [-0.2, 0) is 9.84 Å². The topological polar surface area (TPSA) is 49.4 Å². The molecule has 120 valence electrons. The number of nitrogens with zero attached hydrogens (tertiary/aromatic N) is 1. The molecular formula is C15H32N2O2S. The second-order valence-electron chi connectivity index (χ2n) is 6.85. The van der Waals surface area contributed by atoms with Gasteiger partial charge in [-0.2, -0.15) is 0 Å². The van der Waals surface area contributed by atoms with Crippen LogP contribution in [0.5, 0.6) is 0 Å². The van der Waals surface area contributed by atoms with E-state index in [0.29, 0.717) is 23.9 Å². The van der Waals surface area contributed by atoms with Crippen molar-refractivity contribution in [2.75, 3.05) is 25.1 Å². The molecule has 0 aliphatic carbocycles. The Hall–Kier alpha value is -0.130. The van der Waals surface area contributed by atoms with E-state index >= 15 is 0 Å². The molecule has 1 saturated heterocycles. The van der Waals surface area contributed by atoms with Crippen molar-refractivity contribution >= 4 is 9.84 Å². The van der Waals surface area contributed by atoms with Gasteiger partial charge in [0.15, 0.2) is 0 Å². The molecule has 0 radical (unpaired) electrons. The van der Waals surface area contributed by atoms with E-state index in [-0.39, 0.29) is 11.8 Å². The van der Waals surface area contributed by atoms with E-state index in [1.165, 1.54) is 6.26 Å². The van der Waals surface area contributed by atoms with Crippen molar-refractivity contribution in [1.29, 1.82) is 0 Å². The van der Waals surface area contributed by atoms with Gasteiger partial charge >= 0.3 is 0 Å². The van der Waals surface area contributed by atoms with Crippen LogP contribution in [-0.4, -0.2) is 56.5 Å². The Kier molecular flexibility index (Phi) is 6.48. The summed E-state index contributed by atoms with van der Waals surface area (Å²) in [6, 6.07) is 0.982. The maximum absolute atomic E-state index is 11.6. The molecule has 0 aromatic heterocycles. The molecule has 1 aliphatic rings. The minimum Gasteiger partial charge on any atom is -0.311 e. The van der Waals surface area contributed by atoms with E-state index in [2.05, 4.69) is 44.8 Å². The van der Waals surface area contributed by atoms with Gasteiger partial charge in [-0.25, -0.2) is 8.42 Å². The van der Waals surface area contributed by atoms with Crippen molar-refractivity contribution in [3.63, 3.8) is 0 Å². The SMILES string of the molecule is CCC(C)C1CN(C(C)CS(C)(=O)=O)C(C(C)C)CN1. The van der Waals surface area contributed by atoms with E-state index in [9.17, 15) is 8.42 Å². The minimum absolute atomic E-state index is 0.0889. The number of rotatable bonds is 6. The van der Waals surface area contributed by atoms with Crippen molar-refractivity contribution in [3.8, 4) is 0 Å². The van der Waals surface area contributed by atoms with Crippen LogP contribution in [0.4, 0.5) is 0 Å². The van der Waals surface area contributed by atoms with Crippen LogP contribution in [0.3, 0.4) is 0 Å². The van der Waals surface area contributed by atoms with Gasteiger partial charge in [-0.15, -0.1) is 0 Å². The standard InChI is InChI=1S/C15H32N2O2S/c1-7-12(4)14-9-17(13(5)10-20(6,18)19)15(8-16-14)11(2)3/h11-16H,7-10H2,1-6H3. The van der Waals surface area contributed by atoms with E-state index in [0.717, 1.165) is 19.5 Å². The summed E-state index contributed by atoms with van der Waals surface area (Å²) < 4.78 is 23.2. The summed E-state index contributed by atoms with van der Waals surface area (Å²) in [5, 5.41) is 3.66. The highest BCUT2D eigenvalue weighted by Crippen LogP contribution is 2.22. The zero-order valence-corrected chi connectivity index (χ0v) is 14.7. The van der Waals surface area contributed by atoms with Crippen molar-refractivity contribution in [2.24, 2.45) is 11.8 Å². The average molecular weight is 305 g/mol. The van der Waals surface area contributed by atoms with Crippen LogP contribution in [0, 0.1) is 11.8 Å². The fourth-order valence-corrected chi connectivity index (χ4v) is 4.21. The van der Waals surface area contributed by atoms with Crippen molar-refractivity contribution in [1.82, 2.24) is 10.2 Å². The van der Waals surface area contributed by atoms with E-state index in [1.807, 2.05) is 0 Å². The largest absolute Gasteiger partial charge is 0.311 e. The summed E-state index contributed by atoms with van der Waals surface area (Å²) in [7, 11) is -2.93. The molecule has 4 unspecified atom stereocenters. The number of piperazine rings is 1. The molecule has 0 spiro atoms. The van der Waals surface area contributed by atoms with Crippen LogP contribution in [0.25, 0.3) is 0 Å². The second kappa shape index (κ2) is 7.23. The summed E-state index contributed by atoms with van der Waals surface area (Å²) >= 11 is 0. The summed E-state index contributed by atoms with van der Waals surface area (Å²) in [5.74, 6) is 1.40. The highest BCUT2D eigenvalue weighted by atomic mass is 32.2. The Morgan fingerprint density at radius 1 is 1.25 bits per heavy atom. The fourth-order valence-electron chi connectivity index (χ4n) is 3.14. The van der Waals surface area contributed by atoms with E-state index in [1.54, 1.807) is 0 Å². The molecule has 4 atom stereocenters. The predicted octanol–water partition coefficient (Wildman–Crippen LogP) is 1.76. The number of nitrogens with one attached hydrogen (secondary N) is 1. The zero-order valence-electron chi connectivity index (χ0n) is 13.9. The number of hydrogen-bond acceptors (Lipinski definition) is 4. The van der Waals surface area contributed by atoms with Gasteiger partial charge in [0.2, 0.25) is 0 Å². The minimum atomic E-state index is -2.93. The third-order valence-electron chi connectivity index (χ3n) is 4.63. The van der Waals surface area contributed by atoms with Crippen LogP contribution in [0.15, 0.2) is 0 Å². The van der Waals surface area contributed by atoms with Gasteiger partial charge in [0.05, 0.1) is 5.75 Å². The molecule has 0 amide bonds. The second-order valence-corrected chi connectivity index (χ2v) is 9.03. The monoisotopic (exact) mass is 304 g/mol. The molecule has 0 aromatic rings. The van der Waals surface area contributed by atoms with Crippen LogP contribution >= 0.6 is 0 Å².